The van der Waals surface area contributed by atoms with E-state index in [2.05, 4.69) is 10.3 Å². The predicted octanol–water partition coefficient (Wildman–Crippen LogP) is 4.34. The number of anilines is 1. The van der Waals surface area contributed by atoms with Crippen LogP contribution in [-0.4, -0.2) is 43.0 Å². The molecule has 0 spiro atoms. The Balaban J connectivity index is 1.41. The number of hydrogen-bond donors (Lipinski definition) is 1. The molecule has 0 atom stereocenters. The van der Waals surface area contributed by atoms with Crippen molar-refractivity contribution in [2.75, 3.05) is 24.7 Å². The summed E-state index contributed by atoms with van der Waals surface area (Å²) in [5.41, 5.74) is 0.850. The molecule has 1 saturated heterocycles. The Morgan fingerprint density at radius 2 is 1.94 bits per heavy atom. The lowest BCUT2D eigenvalue weighted by Crippen LogP contribution is -2.41. The molecule has 1 N–H and O–H groups in total. The average molecular weight is 484 g/mol. The molecule has 6 nitrogen and oxygen atoms in total. The molecule has 1 aliphatic heterocycles. The molecule has 1 amide bonds. The van der Waals surface area contributed by atoms with Gasteiger partial charge in [-0.25, -0.2) is 22.2 Å². The second-order valence-corrected chi connectivity index (χ2v) is 10.9. The lowest BCUT2D eigenvalue weighted by atomic mass is 9.97. The van der Waals surface area contributed by atoms with Crippen molar-refractivity contribution in [1.82, 2.24) is 9.29 Å². The number of nitrogens with zero attached hydrogens (tertiary/aromatic N) is 2. The summed E-state index contributed by atoms with van der Waals surface area (Å²) >= 11 is 2.98. The minimum atomic E-state index is -3.95. The molecule has 1 aliphatic rings. The molecule has 0 aliphatic carbocycles. The van der Waals surface area contributed by atoms with Crippen molar-refractivity contribution in [3.05, 3.63) is 48.0 Å². The van der Waals surface area contributed by atoms with Crippen LogP contribution in [-0.2, 0) is 14.8 Å². The molecule has 0 radical (unpaired) electrons. The molecule has 0 saturated carbocycles. The fourth-order valence-corrected chi connectivity index (χ4v) is 6.50. The molecule has 2 aromatic carbocycles. The van der Waals surface area contributed by atoms with Crippen LogP contribution < -0.4 is 5.32 Å². The van der Waals surface area contributed by atoms with E-state index in [1.165, 1.54) is 15.6 Å². The maximum Gasteiger partial charge on any atom is 0.243 e. The maximum absolute atomic E-state index is 13.5. The average Bonchev–Trinajstić information content (AvgIpc) is 3.18. The number of fused-ring (bicyclic) bond motifs is 1. The smallest absolute Gasteiger partial charge is 0.243 e. The van der Waals surface area contributed by atoms with Crippen molar-refractivity contribution in [2.45, 2.75) is 22.6 Å². The molecule has 31 heavy (non-hydrogen) atoms. The number of benzene rings is 2. The molecule has 4 rings (SSSR count). The highest BCUT2D eigenvalue weighted by Gasteiger charge is 2.32. The van der Waals surface area contributed by atoms with Crippen molar-refractivity contribution >= 4 is 54.4 Å². The van der Waals surface area contributed by atoms with Gasteiger partial charge in [-0.1, -0.05) is 17.4 Å². The van der Waals surface area contributed by atoms with E-state index in [1.54, 1.807) is 11.8 Å². The summed E-state index contributed by atoms with van der Waals surface area (Å²) in [6, 6.07) is 8.39. The zero-order valence-corrected chi connectivity index (χ0v) is 18.9. The molecule has 1 aromatic heterocycles. The minimum absolute atomic E-state index is 0.121. The number of aromatic nitrogens is 1. The molecule has 164 valence electrons. The van der Waals surface area contributed by atoms with Crippen LogP contribution in [0, 0.1) is 17.6 Å². The normalized spacial score (nSPS) is 16.0. The van der Waals surface area contributed by atoms with Gasteiger partial charge >= 0.3 is 0 Å². The monoisotopic (exact) mass is 483 g/mol. The first-order valence-corrected chi connectivity index (χ1v) is 13.0. The second kappa shape index (κ2) is 8.81. The minimum Gasteiger partial charge on any atom is -0.302 e. The molecule has 3 aromatic rings. The Bertz CT molecular complexity index is 1240. The van der Waals surface area contributed by atoms with Crippen molar-refractivity contribution in [1.29, 1.82) is 0 Å². The molecule has 0 unspecified atom stereocenters. The highest BCUT2D eigenvalue weighted by molar-refractivity contribution is 7.98. The van der Waals surface area contributed by atoms with E-state index in [-0.39, 0.29) is 29.8 Å². The van der Waals surface area contributed by atoms with Crippen LogP contribution in [0.15, 0.2) is 46.2 Å². The number of hydrogen-bond acceptors (Lipinski definition) is 6. The van der Waals surface area contributed by atoms with E-state index in [4.69, 9.17) is 0 Å². The first kappa shape index (κ1) is 22.1. The fourth-order valence-electron chi connectivity index (χ4n) is 3.49. The van der Waals surface area contributed by atoms with Crippen molar-refractivity contribution in [3.8, 4) is 0 Å². The summed E-state index contributed by atoms with van der Waals surface area (Å²) in [4.78, 5) is 18.0. The number of sulfonamides is 1. The summed E-state index contributed by atoms with van der Waals surface area (Å²) in [5, 5.41) is 3.36. The number of carbonyl (C=O) groups is 1. The van der Waals surface area contributed by atoms with E-state index in [9.17, 15) is 22.0 Å². The number of carbonyl (C=O) groups excluding carboxylic acids is 1. The van der Waals surface area contributed by atoms with Crippen LogP contribution in [0.25, 0.3) is 10.2 Å². The van der Waals surface area contributed by atoms with E-state index in [0.29, 0.717) is 24.0 Å². The topological polar surface area (TPSA) is 79.4 Å². The molecule has 1 fully saturated rings. The van der Waals surface area contributed by atoms with Crippen LogP contribution in [0.2, 0.25) is 0 Å². The summed E-state index contributed by atoms with van der Waals surface area (Å²) in [7, 11) is -3.95. The van der Waals surface area contributed by atoms with Crippen molar-refractivity contribution in [3.63, 3.8) is 0 Å². The summed E-state index contributed by atoms with van der Waals surface area (Å²) in [6.07, 6.45) is 2.62. The Labute approximate surface area is 186 Å². The van der Waals surface area contributed by atoms with Crippen LogP contribution in [0.3, 0.4) is 0 Å². The van der Waals surface area contributed by atoms with Gasteiger partial charge in [-0.3, -0.25) is 4.79 Å². The van der Waals surface area contributed by atoms with Gasteiger partial charge in [0.15, 0.2) is 16.8 Å². The molecule has 2 heterocycles. The Morgan fingerprint density at radius 1 is 1.19 bits per heavy atom. The third kappa shape index (κ3) is 4.45. The number of piperidine rings is 1. The van der Waals surface area contributed by atoms with Gasteiger partial charge in [-0.15, -0.1) is 11.8 Å². The van der Waals surface area contributed by atoms with Gasteiger partial charge in [-0.05, 0) is 49.4 Å². The number of amides is 1. The van der Waals surface area contributed by atoms with Crippen LogP contribution in [0.4, 0.5) is 13.9 Å². The Hall–Kier alpha value is -2.08. The molecular weight excluding hydrogens is 464 g/mol. The first-order valence-electron chi connectivity index (χ1n) is 9.49. The third-order valence-electron chi connectivity index (χ3n) is 5.19. The number of thiazole rings is 1. The predicted molar refractivity (Wildman–Crippen MR) is 118 cm³/mol. The lowest BCUT2D eigenvalue weighted by Gasteiger charge is -2.30. The largest absolute Gasteiger partial charge is 0.302 e. The maximum atomic E-state index is 13.5. The Morgan fingerprint density at radius 3 is 2.61 bits per heavy atom. The Kier molecular flexibility index (Phi) is 6.29. The van der Waals surface area contributed by atoms with Gasteiger partial charge in [0.25, 0.3) is 0 Å². The number of halogens is 2. The molecule has 11 heteroatoms. The quantitative estimate of drug-likeness (QED) is 0.547. The van der Waals surface area contributed by atoms with Crippen molar-refractivity contribution in [2.24, 2.45) is 5.92 Å². The lowest BCUT2D eigenvalue weighted by molar-refractivity contribution is -0.120. The summed E-state index contributed by atoms with van der Waals surface area (Å²) in [5.74, 6) is -2.87. The number of rotatable bonds is 5. The number of nitrogens with one attached hydrogen (secondary N) is 1. The van der Waals surface area contributed by atoms with Crippen LogP contribution in [0.5, 0.6) is 0 Å². The van der Waals surface area contributed by atoms with Crippen LogP contribution in [0.1, 0.15) is 12.8 Å². The fraction of sp³-hybridized carbons (Fsp3) is 0.300. The third-order valence-corrected chi connectivity index (χ3v) is 8.79. The van der Waals surface area contributed by atoms with Crippen molar-refractivity contribution < 1.29 is 22.0 Å². The van der Waals surface area contributed by atoms with E-state index < -0.39 is 21.7 Å². The number of para-hydroxylation sites is 1. The number of thioether (sulfide) groups is 1. The van der Waals surface area contributed by atoms with E-state index in [0.717, 1.165) is 27.2 Å². The summed E-state index contributed by atoms with van der Waals surface area (Å²) in [6.45, 7) is 0.242. The van der Waals surface area contributed by atoms with Gasteiger partial charge in [0.05, 0.1) is 15.1 Å². The summed E-state index contributed by atoms with van der Waals surface area (Å²) < 4.78 is 54.2. The van der Waals surface area contributed by atoms with Crippen LogP contribution >= 0.6 is 23.1 Å². The zero-order chi connectivity index (χ0) is 22.2. The van der Waals surface area contributed by atoms with Gasteiger partial charge < -0.3 is 5.32 Å². The van der Waals surface area contributed by atoms with Gasteiger partial charge in [-0.2, -0.15) is 4.31 Å². The zero-order valence-electron chi connectivity index (χ0n) is 16.5. The van der Waals surface area contributed by atoms with E-state index in [1.807, 2.05) is 24.5 Å². The molecule has 0 bridgehead atoms. The van der Waals surface area contributed by atoms with Gasteiger partial charge in [0.1, 0.15) is 0 Å². The van der Waals surface area contributed by atoms with E-state index >= 15 is 0 Å². The van der Waals surface area contributed by atoms with Gasteiger partial charge in [0.2, 0.25) is 15.9 Å². The standard InChI is InChI=1S/C20H19F2N3O3S3/c1-29-16-3-2-4-17-18(16)23-20(30-17)24-19(26)12-7-9-25(10-8-12)31(27,28)13-5-6-14(21)15(22)11-13/h2-6,11-12H,7-10H2,1H3,(H,23,24,26). The first-order chi connectivity index (χ1) is 14.8. The molecular formula is C20H19F2N3O3S3. The highest BCUT2D eigenvalue weighted by atomic mass is 32.2. The highest BCUT2D eigenvalue weighted by Crippen LogP contribution is 2.33. The van der Waals surface area contributed by atoms with Gasteiger partial charge in [0, 0.05) is 23.9 Å². The second-order valence-electron chi connectivity index (χ2n) is 7.07. The SMILES string of the molecule is CSc1cccc2sc(NC(=O)C3CCN(S(=O)(=O)c4ccc(F)c(F)c4)CC3)nc12.